The molecule has 0 spiro atoms. The highest BCUT2D eigenvalue weighted by Crippen LogP contribution is 2.27. The fourth-order valence-electron chi connectivity index (χ4n) is 2.89. The Hall–Kier alpha value is -0.900. The van der Waals surface area contributed by atoms with Gasteiger partial charge in [-0.2, -0.15) is 0 Å². The number of likely N-dealkylation sites (tertiary alicyclic amines) is 1. The largest absolute Gasteiger partial charge is 0.329 e. The summed E-state index contributed by atoms with van der Waals surface area (Å²) in [4.78, 5) is 4.94. The third kappa shape index (κ3) is 2.74. The molecule has 100 valence electrons. The highest BCUT2D eigenvalue weighted by Gasteiger charge is 2.39. The Balaban J connectivity index is 1.99. The molecule has 1 saturated heterocycles. The van der Waals surface area contributed by atoms with Crippen molar-refractivity contribution < 1.29 is 0 Å². The van der Waals surface area contributed by atoms with Crippen molar-refractivity contribution in [3.63, 3.8) is 0 Å². The van der Waals surface area contributed by atoms with Crippen LogP contribution in [0.3, 0.4) is 0 Å². The molecule has 0 amide bonds. The molecule has 1 atom stereocenters. The van der Waals surface area contributed by atoms with Gasteiger partial charge >= 0.3 is 0 Å². The predicted molar refractivity (Wildman–Crippen MR) is 76.4 cm³/mol. The maximum atomic E-state index is 6.03. The lowest BCUT2D eigenvalue weighted by molar-refractivity contribution is 0.135. The number of nitrogens with zero attached hydrogens (tertiary/aromatic N) is 2. The number of hydrogen-bond acceptors (Lipinski definition) is 3. The number of nitrogens with two attached hydrogens (primary N) is 1. The molecule has 1 aromatic carbocycles. The van der Waals surface area contributed by atoms with Crippen LogP contribution in [0.15, 0.2) is 30.3 Å². The van der Waals surface area contributed by atoms with E-state index in [0.717, 1.165) is 32.7 Å². The maximum absolute atomic E-state index is 6.03. The normalized spacial score (nSPS) is 24.9. The lowest BCUT2D eigenvalue weighted by Gasteiger charge is -2.37. The van der Waals surface area contributed by atoms with E-state index in [2.05, 4.69) is 54.1 Å². The monoisotopic (exact) mass is 247 g/mol. The van der Waals surface area contributed by atoms with Crippen LogP contribution in [0, 0.1) is 0 Å². The van der Waals surface area contributed by atoms with E-state index in [1.54, 1.807) is 0 Å². The van der Waals surface area contributed by atoms with Crippen molar-refractivity contribution in [3.05, 3.63) is 35.9 Å². The first kappa shape index (κ1) is 13.5. The number of rotatable bonds is 5. The molecule has 0 aromatic heterocycles. The van der Waals surface area contributed by atoms with Gasteiger partial charge in [0.25, 0.3) is 0 Å². The molecule has 1 aliphatic heterocycles. The van der Waals surface area contributed by atoms with E-state index in [9.17, 15) is 0 Å². The van der Waals surface area contributed by atoms with Gasteiger partial charge in [-0.1, -0.05) is 37.3 Å². The second kappa shape index (κ2) is 5.83. The van der Waals surface area contributed by atoms with Crippen LogP contribution < -0.4 is 5.73 Å². The molecule has 1 aromatic rings. The van der Waals surface area contributed by atoms with Crippen molar-refractivity contribution in [3.8, 4) is 0 Å². The van der Waals surface area contributed by atoms with Gasteiger partial charge in [-0.3, -0.25) is 9.80 Å². The van der Waals surface area contributed by atoms with Crippen molar-refractivity contribution in [1.29, 1.82) is 0 Å². The van der Waals surface area contributed by atoms with E-state index in [1.807, 2.05) is 0 Å². The van der Waals surface area contributed by atoms with Gasteiger partial charge in [-0.15, -0.1) is 0 Å². The Morgan fingerprint density at radius 2 is 2.06 bits per heavy atom. The minimum absolute atomic E-state index is 0.184. The number of benzene rings is 1. The van der Waals surface area contributed by atoms with Gasteiger partial charge in [0.1, 0.15) is 0 Å². The summed E-state index contributed by atoms with van der Waals surface area (Å²) in [5, 5.41) is 0. The first-order valence-corrected chi connectivity index (χ1v) is 6.88. The average Bonchev–Trinajstić information content (AvgIpc) is 2.83. The summed E-state index contributed by atoms with van der Waals surface area (Å²) in [6, 6.07) is 10.7. The molecule has 3 heteroatoms. The molecular weight excluding hydrogens is 222 g/mol. The zero-order valence-electron chi connectivity index (χ0n) is 11.6. The quantitative estimate of drug-likeness (QED) is 0.856. The Kier molecular flexibility index (Phi) is 4.38. The molecule has 2 rings (SSSR count). The molecule has 0 radical (unpaired) electrons. The zero-order valence-corrected chi connectivity index (χ0v) is 11.6. The average molecular weight is 247 g/mol. The third-order valence-corrected chi connectivity index (χ3v) is 4.32. The summed E-state index contributed by atoms with van der Waals surface area (Å²) in [6.07, 6.45) is 1.18. The van der Waals surface area contributed by atoms with E-state index in [-0.39, 0.29) is 5.54 Å². The van der Waals surface area contributed by atoms with E-state index in [4.69, 9.17) is 5.73 Å². The van der Waals surface area contributed by atoms with Crippen LogP contribution >= 0.6 is 0 Å². The van der Waals surface area contributed by atoms with Gasteiger partial charge in [-0.25, -0.2) is 0 Å². The predicted octanol–water partition coefficient (Wildman–Crippen LogP) is 1.54. The standard InChI is InChI=1S/C15H25N3/c1-3-17(2)15(12-16)9-10-18(13-15)11-14-7-5-4-6-8-14/h4-8H,3,9-13,16H2,1-2H3. The third-order valence-electron chi connectivity index (χ3n) is 4.32. The summed E-state index contributed by atoms with van der Waals surface area (Å²) in [6.45, 7) is 7.30. The lowest BCUT2D eigenvalue weighted by atomic mass is 9.97. The number of hydrogen-bond donors (Lipinski definition) is 1. The molecule has 0 saturated carbocycles. The Bertz CT molecular complexity index is 365. The highest BCUT2D eigenvalue weighted by atomic mass is 15.3. The van der Waals surface area contributed by atoms with E-state index >= 15 is 0 Å². The van der Waals surface area contributed by atoms with Crippen molar-refractivity contribution in [2.75, 3.05) is 33.2 Å². The highest BCUT2D eigenvalue weighted by molar-refractivity contribution is 5.15. The van der Waals surface area contributed by atoms with Gasteiger partial charge in [0.15, 0.2) is 0 Å². The van der Waals surface area contributed by atoms with E-state index in [0.29, 0.717) is 0 Å². The Morgan fingerprint density at radius 3 is 2.67 bits per heavy atom. The van der Waals surface area contributed by atoms with Crippen LogP contribution in [0.25, 0.3) is 0 Å². The topological polar surface area (TPSA) is 32.5 Å². The van der Waals surface area contributed by atoms with Crippen molar-refractivity contribution >= 4 is 0 Å². The Morgan fingerprint density at radius 1 is 1.33 bits per heavy atom. The molecule has 1 aliphatic rings. The van der Waals surface area contributed by atoms with Gasteiger partial charge in [0.05, 0.1) is 0 Å². The summed E-state index contributed by atoms with van der Waals surface area (Å²) < 4.78 is 0. The van der Waals surface area contributed by atoms with E-state index < -0.39 is 0 Å². The number of likely N-dealkylation sites (N-methyl/N-ethyl adjacent to an activating group) is 1. The molecule has 1 heterocycles. The van der Waals surface area contributed by atoms with Crippen molar-refractivity contribution in [1.82, 2.24) is 9.80 Å². The minimum Gasteiger partial charge on any atom is -0.329 e. The lowest BCUT2D eigenvalue weighted by Crippen LogP contribution is -2.53. The molecule has 2 N–H and O–H groups in total. The second-order valence-corrected chi connectivity index (χ2v) is 5.39. The Labute approximate surface area is 111 Å². The first-order chi connectivity index (χ1) is 8.70. The van der Waals surface area contributed by atoms with Gasteiger partial charge in [0, 0.05) is 31.7 Å². The summed E-state index contributed by atoms with van der Waals surface area (Å²) in [7, 11) is 2.19. The van der Waals surface area contributed by atoms with Gasteiger partial charge < -0.3 is 5.73 Å². The van der Waals surface area contributed by atoms with Crippen LogP contribution in [-0.4, -0.2) is 48.6 Å². The maximum Gasteiger partial charge on any atom is 0.0467 e. The molecule has 1 unspecified atom stereocenters. The molecule has 0 bridgehead atoms. The smallest absolute Gasteiger partial charge is 0.0467 e. The molecule has 0 aliphatic carbocycles. The van der Waals surface area contributed by atoms with Gasteiger partial charge in [-0.05, 0) is 25.6 Å². The molecular formula is C15H25N3. The zero-order chi connectivity index (χ0) is 13.0. The fraction of sp³-hybridized carbons (Fsp3) is 0.600. The second-order valence-electron chi connectivity index (χ2n) is 5.39. The van der Waals surface area contributed by atoms with Crippen LogP contribution in [0.5, 0.6) is 0 Å². The fourth-order valence-corrected chi connectivity index (χ4v) is 2.89. The molecule has 18 heavy (non-hydrogen) atoms. The summed E-state index contributed by atoms with van der Waals surface area (Å²) in [5.41, 5.74) is 7.61. The van der Waals surface area contributed by atoms with Crippen LogP contribution in [0.1, 0.15) is 18.9 Å². The van der Waals surface area contributed by atoms with Crippen LogP contribution in [-0.2, 0) is 6.54 Å². The molecule has 3 nitrogen and oxygen atoms in total. The van der Waals surface area contributed by atoms with E-state index in [1.165, 1.54) is 12.0 Å². The summed E-state index contributed by atoms with van der Waals surface area (Å²) >= 11 is 0. The van der Waals surface area contributed by atoms with Gasteiger partial charge in [0.2, 0.25) is 0 Å². The minimum atomic E-state index is 0.184. The van der Waals surface area contributed by atoms with Crippen LogP contribution in [0.2, 0.25) is 0 Å². The first-order valence-electron chi connectivity index (χ1n) is 6.88. The molecule has 1 fully saturated rings. The van der Waals surface area contributed by atoms with Crippen molar-refractivity contribution in [2.45, 2.75) is 25.4 Å². The van der Waals surface area contributed by atoms with Crippen molar-refractivity contribution in [2.24, 2.45) is 5.73 Å². The van der Waals surface area contributed by atoms with Crippen LogP contribution in [0.4, 0.5) is 0 Å². The summed E-state index contributed by atoms with van der Waals surface area (Å²) in [5.74, 6) is 0. The SMILES string of the molecule is CCN(C)C1(CN)CCN(Cc2ccccc2)C1.